The number of aryl methyl sites for hydroxylation is 1. The molecule has 0 fully saturated rings. The Hall–Kier alpha value is -2.35. The van der Waals surface area contributed by atoms with E-state index in [0.29, 0.717) is 6.42 Å². The molecular formula is C16H18F3N3O2. The van der Waals surface area contributed by atoms with Crippen LogP contribution in [0.5, 0.6) is 0 Å². The fraction of sp³-hybridized carbons (Fsp3) is 0.375. The fourth-order valence-electron chi connectivity index (χ4n) is 2.36. The molecule has 0 saturated carbocycles. The lowest BCUT2D eigenvalue weighted by molar-refractivity contribution is -0.271. The standard InChI is InChI=1S/C16H18F3N3O2/c1-22-10-9-21-14(22)15(24,16(17,18)19)11-13(23)20-8-7-12-5-3-2-4-6-12/h2-6,9-10,24H,7-8,11H2,1H3,(H,20,23)/t15-/m0/s1. The molecule has 0 saturated heterocycles. The van der Waals surface area contributed by atoms with Gasteiger partial charge in [0.15, 0.2) is 5.82 Å². The topological polar surface area (TPSA) is 67.1 Å². The van der Waals surface area contributed by atoms with E-state index < -0.39 is 29.9 Å². The van der Waals surface area contributed by atoms with Crippen molar-refractivity contribution in [1.82, 2.24) is 14.9 Å². The molecule has 2 N–H and O–H groups in total. The van der Waals surface area contributed by atoms with E-state index in [4.69, 9.17) is 0 Å². The molecular weight excluding hydrogens is 323 g/mol. The van der Waals surface area contributed by atoms with Crippen molar-refractivity contribution < 1.29 is 23.1 Å². The van der Waals surface area contributed by atoms with Crippen molar-refractivity contribution >= 4 is 5.91 Å². The third kappa shape index (κ3) is 3.94. The number of nitrogens with zero attached hydrogens (tertiary/aromatic N) is 2. The zero-order valence-corrected chi connectivity index (χ0v) is 13.0. The van der Waals surface area contributed by atoms with Gasteiger partial charge in [0.05, 0.1) is 6.42 Å². The molecule has 1 amide bonds. The lowest BCUT2D eigenvalue weighted by Gasteiger charge is -2.29. The van der Waals surface area contributed by atoms with Crippen molar-refractivity contribution in [1.29, 1.82) is 0 Å². The molecule has 0 radical (unpaired) electrons. The van der Waals surface area contributed by atoms with E-state index in [1.54, 1.807) is 0 Å². The van der Waals surface area contributed by atoms with Crippen LogP contribution in [-0.4, -0.2) is 33.3 Å². The molecule has 0 unspecified atom stereocenters. The van der Waals surface area contributed by atoms with Gasteiger partial charge >= 0.3 is 6.18 Å². The summed E-state index contributed by atoms with van der Waals surface area (Å²) in [4.78, 5) is 15.4. The van der Waals surface area contributed by atoms with E-state index in [2.05, 4.69) is 10.3 Å². The minimum atomic E-state index is -5.02. The van der Waals surface area contributed by atoms with Crippen LogP contribution in [0.1, 0.15) is 17.8 Å². The summed E-state index contributed by atoms with van der Waals surface area (Å²) in [7, 11) is 1.33. The molecule has 130 valence electrons. The SMILES string of the molecule is Cn1ccnc1[C@@](O)(CC(=O)NCCc1ccccc1)C(F)(F)F. The smallest absolute Gasteiger partial charge is 0.374 e. The molecule has 1 atom stereocenters. The molecule has 0 spiro atoms. The van der Waals surface area contributed by atoms with E-state index in [1.807, 2.05) is 30.3 Å². The van der Waals surface area contributed by atoms with Crippen LogP contribution < -0.4 is 5.32 Å². The Morgan fingerprint density at radius 3 is 2.50 bits per heavy atom. The van der Waals surface area contributed by atoms with Gasteiger partial charge in [-0.05, 0) is 12.0 Å². The molecule has 0 aliphatic carbocycles. The summed E-state index contributed by atoms with van der Waals surface area (Å²) in [6.07, 6.45) is -3.27. The summed E-state index contributed by atoms with van der Waals surface area (Å²) in [5, 5.41) is 12.5. The third-order valence-electron chi connectivity index (χ3n) is 3.66. The van der Waals surface area contributed by atoms with Crippen LogP contribution in [0.2, 0.25) is 0 Å². The van der Waals surface area contributed by atoms with Crippen LogP contribution in [0.4, 0.5) is 13.2 Å². The Labute approximate surface area is 137 Å². The van der Waals surface area contributed by atoms with Crippen molar-refractivity contribution in [2.75, 3.05) is 6.54 Å². The van der Waals surface area contributed by atoms with Crippen molar-refractivity contribution in [3.63, 3.8) is 0 Å². The van der Waals surface area contributed by atoms with Gasteiger partial charge in [0.2, 0.25) is 11.5 Å². The Balaban J connectivity index is 2.02. The first kappa shape index (κ1) is 18.0. The number of carbonyl (C=O) groups excluding carboxylic acids is 1. The van der Waals surface area contributed by atoms with Gasteiger partial charge in [-0.2, -0.15) is 13.2 Å². The van der Waals surface area contributed by atoms with Crippen LogP contribution in [0, 0.1) is 0 Å². The number of halogens is 3. The molecule has 1 heterocycles. The average molecular weight is 341 g/mol. The van der Waals surface area contributed by atoms with E-state index in [-0.39, 0.29) is 6.54 Å². The monoisotopic (exact) mass is 341 g/mol. The summed E-state index contributed by atoms with van der Waals surface area (Å²) < 4.78 is 41.0. The number of carbonyl (C=O) groups is 1. The second-order valence-electron chi connectivity index (χ2n) is 5.48. The summed E-state index contributed by atoms with van der Waals surface area (Å²) in [5.41, 5.74) is -2.38. The number of rotatable bonds is 6. The van der Waals surface area contributed by atoms with Gasteiger partial charge in [0, 0.05) is 26.0 Å². The Bertz CT molecular complexity index is 685. The number of benzene rings is 1. The van der Waals surface area contributed by atoms with Gasteiger partial charge in [0.1, 0.15) is 0 Å². The summed E-state index contributed by atoms with van der Waals surface area (Å²) in [6.45, 7) is 0.178. The van der Waals surface area contributed by atoms with E-state index >= 15 is 0 Å². The molecule has 2 rings (SSSR count). The minimum absolute atomic E-state index is 0.178. The number of alkyl halides is 3. The second kappa shape index (κ2) is 7.04. The van der Waals surface area contributed by atoms with Gasteiger partial charge in [-0.1, -0.05) is 30.3 Å². The first-order valence-electron chi connectivity index (χ1n) is 7.31. The minimum Gasteiger partial charge on any atom is -0.374 e. The molecule has 0 aliphatic heterocycles. The highest BCUT2D eigenvalue weighted by molar-refractivity contribution is 5.77. The van der Waals surface area contributed by atoms with Crippen LogP contribution in [0.15, 0.2) is 42.7 Å². The van der Waals surface area contributed by atoms with Gasteiger partial charge in [0.25, 0.3) is 0 Å². The second-order valence-corrected chi connectivity index (χ2v) is 5.48. The summed E-state index contributed by atoms with van der Waals surface area (Å²) in [6, 6.07) is 9.22. The molecule has 1 aromatic carbocycles. The highest BCUT2D eigenvalue weighted by Gasteiger charge is 2.58. The van der Waals surface area contributed by atoms with E-state index in [1.165, 1.54) is 13.2 Å². The lowest BCUT2D eigenvalue weighted by atomic mass is 9.97. The highest BCUT2D eigenvalue weighted by atomic mass is 19.4. The number of hydrogen-bond donors (Lipinski definition) is 2. The number of aliphatic hydroxyl groups is 1. The molecule has 2 aromatic rings. The van der Waals surface area contributed by atoms with Crippen molar-refractivity contribution in [2.24, 2.45) is 7.05 Å². The van der Waals surface area contributed by atoms with Crippen molar-refractivity contribution in [3.05, 3.63) is 54.1 Å². The first-order valence-corrected chi connectivity index (χ1v) is 7.31. The predicted octanol–water partition coefficient (Wildman–Crippen LogP) is 1.92. The average Bonchev–Trinajstić information content (AvgIpc) is 2.93. The van der Waals surface area contributed by atoms with Crippen LogP contribution in [0.3, 0.4) is 0 Å². The number of hydrogen-bond acceptors (Lipinski definition) is 3. The number of aromatic nitrogens is 2. The first-order chi connectivity index (χ1) is 11.2. The van der Waals surface area contributed by atoms with Gasteiger partial charge in [-0.15, -0.1) is 0 Å². The number of amides is 1. The predicted molar refractivity (Wildman–Crippen MR) is 80.9 cm³/mol. The zero-order chi connectivity index (χ0) is 17.8. The largest absolute Gasteiger partial charge is 0.425 e. The maximum Gasteiger partial charge on any atom is 0.425 e. The van der Waals surface area contributed by atoms with Crippen LogP contribution in [0.25, 0.3) is 0 Å². The Kier molecular flexibility index (Phi) is 5.28. The van der Waals surface area contributed by atoms with Gasteiger partial charge < -0.3 is 15.0 Å². The summed E-state index contributed by atoms with van der Waals surface area (Å²) in [5.74, 6) is -1.51. The number of nitrogens with one attached hydrogen (secondary N) is 1. The van der Waals surface area contributed by atoms with Crippen molar-refractivity contribution in [2.45, 2.75) is 24.6 Å². The number of imidazole rings is 1. The van der Waals surface area contributed by atoms with Gasteiger partial charge in [-0.3, -0.25) is 4.79 Å². The molecule has 1 aromatic heterocycles. The fourth-order valence-corrected chi connectivity index (χ4v) is 2.36. The quantitative estimate of drug-likeness (QED) is 0.844. The molecule has 5 nitrogen and oxygen atoms in total. The molecule has 0 aliphatic rings. The lowest BCUT2D eigenvalue weighted by Crippen LogP contribution is -2.48. The maximum atomic E-state index is 13.3. The van der Waals surface area contributed by atoms with E-state index in [9.17, 15) is 23.1 Å². The van der Waals surface area contributed by atoms with Crippen LogP contribution in [-0.2, 0) is 23.9 Å². The van der Waals surface area contributed by atoms with E-state index in [0.717, 1.165) is 16.3 Å². The van der Waals surface area contributed by atoms with Gasteiger partial charge in [-0.25, -0.2) is 4.98 Å². The third-order valence-corrected chi connectivity index (χ3v) is 3.66. The van der Waals surface area contributed by atoms with Crippen molar-refractivity contribution in [3.8, 4) is 0 Å². The highest BCUT2D eigenvalue weighted by Crippen LogP contribution is 2.40. The normalized spacial score (nSPS) is 14.2. The van der Waals surface area contributed by atoms with Crippen LogP contribution >= 0.6 is 0 Å². The maximum absolute atomic E-state index is 13.3. The Morgan fingerprint density at radius 1 is 1.29 bits per heavy atom. The molecule has 8 heteroatoms. The Morgan fingerprint density at radius 2 is 1.96 bits per heavy atom. The molecule has 24 heavy (non-hydrogen) atoms. The molecule has 0 bridgehead atoms. The zero-order valence-electron chi connectivity index (χ0n) is 13.0. The summed E-state index contributed by atoms with van der Waals surface area (Å²) >= 11 is 0.